The van der Waals surface area contributed by atoms with Gasteiger partial charge in [-0.1, -0.05) is 26.0 Å². The first-order chi connectivity index (χ1) is 9.63. The van der Waals surface area contributed by atoms with Crippen molar-refractivity contribution in [3.8, 4) is 0 Å². The number of benzene rings is 1. The van der Waals surface area contributed by atoms with E-state index in [0.29, 0.717) is 5.92 Å². The number of nitrogens with zero attached hydrogens (tertiary/aromatic N) is 3. The molecule has 2 fully saturated rings. The standard InChI is InChI=1S/C17H27N3/c1-14(2)15-4-6-16(7-5-15)19-8-10-20(11-9-19)17-12-18(3)13-17/h4-7,14,17H,8-13H2,1-3H3. The fourth-order valence-corrected chi connectivity index (χ4v) is 3.31. The van der Waals surface area contributed by atoms with Crippen LogP contribution in [0.2, 0.25) is 0 Å². The molecule has 1 aromatic rings. The van der Waals surface area contributed by atoms with Crippen LogP contribution in [0, 0.1) is 0 Å². The lowest BCUT2D eigenvalue weighted by Gasteiger charge is -2.47. The second kappa shape index (κ2) is 5.74. The summed E-state index contributed by atoms with van der Waals surface area (Å²) in [5, 5.41) is 0. The lowest BCUT2D eigenvalue weighted by Crippen LogP contribution is -2.61. The number of piperazine rings is 1. The zero-order valence-electron chi connectivity index (χ0n) is 13.0. The third-order valence-electron chi connectivity index (χ3n) is 4.80. The van der Waals surface area contributed by atoms with E-state index in [-0.39, 0.29) is 0 Å². The Morgan fingerprint density at radius 3 is 2.05 bits per heavy atom. The molecule has 110 valence electrons. The summed E-state index contributed by atoms with van der Waals surface area (Å²) in [5.41, 5.74) is 2.82. The Balaban J connectivity index is 1.55. The molecule has 0 atom stereocenters. The van der Waals surface area contributed by atoms with Gasteiger partial charge in [0.1, 0.15) is 0 Å². The third kappa shape index (κ3) is 2.84. The fourth-order valence-electron chi connectivity index (χ4n) is 3.31. The molecule has 3 heteroatoms. The van der Waals surface area contributed by atoms with Gasteiger partial charge < -0.3 is 9.80 Å². The summed E-state index contributed by atoms with van der Waals surface area (Å²) in [5.74, 6) is 0.622. The number of likely N-dealkylation sites (N-methyl/N-ethyl adjacent to an activating group) is 1. The van der Waals surface area contributed by atoms with Gasteiger partial charge in [-0.05, 0) is 30.7 Å². The highest BCUT2D eigenvalue weighted by Crippen LogP contribution is 2.22. The van der Waals surface area contributed by atoms with E-state index in [2.05, 4.69) is 59.9 Å². The molecule has 1 aromatic carbocycles. The first kappa shape index (κ1) is 13.9. The molecule has 0 aliphatic carbocycles. The van der Waals surface area contributed by atoms with Crippen molar-refractivity contribution < 1.29 is 0 Å². The molecule has 20 heavy (non-hydrogen) atoms. The number of likely N-dealkylation sites (tertiary alicyclic amines) is 1. The minimum Gasteiger partial charge on any atom is -0.369 e. The first-order valence-corrected chi connectivity index (χ1v) is 7.91. The molecule has 0 N–H and O–H groups in total. The molecule has 3 nitrogen and oxygen atoms in total. The zero-order valence-corrected chi connectivity index (χ0v) is 13.0. The summed E-state index contributed by atoms with van der Waals surface area (Å²) in [6, 6.07) is 9.97. The Morgan fingerprint density at radius 2 is 1.55 bits per heavy atom. The second-order valence-corrected chi connectivity index (χ2v) is 6.64. The molecule has 2 aliphatic rings. The van der Waals surface area contributed by atoms with Crippen molar-refractivity contribution in [1.29, 1.82) is 0 Å². The van der Waals surface area contributed by atoms with Crippen LogP contribution in [0.1, 0.15) is 25.3 Å². The maximum atomic E-state index is 2.67. The normalized spacial score (nSPS) is 22.3. The second-order valence-electron chi connectivity index (χ2n) is 6.64. The van der Waals surface area contributed by atoms with Crippen LogP contribution >= 0.6 is 0 Å². The number of rotatable bonds is 3. The van der Waals surface area contributed by atoms with E-state index in [1.165, 1.54) is 50.5 Å². The van der Waals surface area contributed by atoms with E-state index in [1.807, 2.05) is 0 Å². The van der Waals surface area contributed by atoms with Gasteiger partial charge in [0.25, 0.3) is 0 Å². The lowest BCUT2D eigenvalue weighted by atomic mass is 10.0. The van der Waals surface area contributed by atoms with Crippen molar-refractivity contribution in [2.45, 2.75) is 25.8 Å². The zero-order chi connectivity index (χ0) is 14.1. The van der Waals surface area contributed by atoms with Crippen LogP contribution in [0.25, 0.3) is 0 Å². The summed E-state index contributed by atoms with van der Waals surface area (Å²) in [7, 11) is 2.21. The monoisotopic (exact) mass is 273 g/mol. The van der Waals surface area contributed by atoms with Gasteiger partial charge in [-0.3, -0.25) is 4.90 Å². The van der Waals surface area contributed by atoms with E-state index in [1.54, 1.807) is 0 Å². The quantitative estimate of drug-likeness (QED) is 0.836. The average molecular weight is 273 g/mol. The van der Waals surface area contributed by atoms with Crippen LogP contribution in [0.4, 0.5) is 5.69 Å². The highest BCUT2D eigenvalue weighted by atomic mass is 15.3. The Bertz CT molecular complexity index is 426. The van der Waals surface area contributed by atoms with Gasteiger partial charge in [0.15, 0.2) is 0 Å². The molecule has 2 heterocycles. The van der Waals surface area contributed by atoms with Crippen molar-refractivity contribution in [1.82, 2.24) is 9.80 Å². The molecule has 0 unspecified atom stereocenters. The molecular formula is C17H27N3. The predicted octanol–water partition coefficient (Wildman–Crippen LogP) is 2.25. The molecule has 0 saturated carbocycles. The van der Waals surface area contributed by atoms with E-state index >= 15 is 0 Å². The summed E-state index contributed by atoms with van der Waals surface area (Å²) >= 11 is 0. The number of anilines is 1. The SMILES string of the molecule is CC(C)c1ccc(N2CCN(C3CN(C)C3)CC2)cc1. The van der Waals surface area contributed by atoms with Gasteiger partial charge >= 0.3 is 0 Å². The van der Waals surface area contributed by atoms with Crippen LogP contribution < -0.4 is 4.90 Å². The summed E-state index contributed by atoms with van der Waals surface area (Å²) in [6.07, 6.45) is 0. The fraction of sp³-hybridized carbons (Fsp3) is 0.647. The van der Waals surface area contributed by atoms with Crippen LogP contribution in [0.15, 0.2) is 24.3 Å². The minimum absolute atomic E-state index is 0.622. The highest BCUT2D eigenvalue weighted by Gasteiger charge is 2.31. The Kier molecular flexibility index (Phi) is 3.99. The van der Waals surface area contributed by atoms with Crippen LogP contribution in [-0.2, 0) is 0 Å². The van der Waals surface area contributed by atoms with Gasteiger partial charge in [0, 0.05) is 51.0 Å². The molecular weight excluding hydrogens is 246 g/mol. The van der Waals surface area contributed by atoms with Crippen molar-refractivity contribution in [2.24, 2.45) is 0 Å². The number of hydrogen-bond donors (Lipinski definition) is 0. The third-order valence-corrected chi connectivity index (χ3v) is 4.80. The van der Waals surface area contributed by atoms with Gasteiger partial charge in [-0.2, -0.15) is 0 Å². The Labute approximate surface area is 123 Å². The lowest BCUT2D eigenvalue weighted by molar-refractivity contribution is 0.0488. The molecule has 2 saturated heterocycles. The molecule has 0 amide bonds. The maximum absolute atomic E-state index is 2.67. The molecule has 2 aliphatic heterocycles. The van der Waals surface area contributed by atoms with Crippen LogP contribution in [0.5, 0.6) is 0 Å². The molecule has 0 bridgehead atoms. The predicted molar refractivity (Wildman–Crippen MR) is 85.6 cm³/mol. The maximum Gasteiger partial charge on any atom is 0.0367 e. The van der Waals surface area contributed by atoms with Crippen molar-refractivity contribution in [3.05, 3.63) is 29.8 Å². The molecule has 0 aromatic heterocycles. The molecule has 0 spiro atoms. The van der Waals surface area contributed by atoms with Gasteiger partial charge in [0.2, 0.25) is 0 Å². The minimum atomic E-state index is 0.622. The van der Waals surface area contributed by atoms with Crippen molar-refractivity contribution in [2.75, 3.05) is 51.2 Å². The largest absolute Gasteiger partial charge is 0.369 e. The Morgan fingerprint density at radius 1 is 0.950 bits per heavy atom. The number of hydrogen-bond acceptors (Lipinski definition) is 3. The highest BCUT2D eigenvalue weighted by molar-refractivity contribution is 5.48. The summed E-state index contributed by atoms with van der Waals surface area (Å²) in [4.78, 5) is 7.60. The van der Waals surface area contributed by atoms with E-state index in [0.717, 1.165) is 6.04 Å². The first-order valence-electron chi connectivity index (χ1n) is 7.91. The van der Waals surface area contributed by atoms with E-state index in [4.69, 9.17) is 0 Å². The average Bonchev–Trinajstić information content (AvgIpc) is 2.44. The van der Waals surface area contributed by atoms with E-state index < -0.39 is 0 Å². The summed E-state index contributed by atoms with van der Waals surface area (Å²) < 4.78 is 0. The smallest absolute Gasteiger partial charge is 0.0367 e. The molecule has 3 rings (SSSR count). The Hall–Kier alpha value is -1.06. The van der Waals surface area contributed by atoms with Gasteiger partial charge in [0.05, 0.1) is 0 Å². The van der Waals surface area contributed by atoms with Crippen LogP contribution in [-0.4, -0.2) is 62.2 Å². The molecule has 0 radical (unpaired) electrons. The van der Waals surface area contributed by atoms with Crippen molar-refractivity contribution in [3.63, 3.8) is 0 Å². The van der Waals surface area contributed by atoms with Crippen LogP contribution in [0.3, 0.4) is 0 Å². The topological polar surface area (TPSA) is 9.72 Å². The van der Waals surface area contributed by atoms with E-state index in [9.17, 15) is 0 Å². The summed E-state index contributed by atoms with van der Waals surface area (Å²) in [6.45, 7) is 11.8. The van der Waals surface area contributed by atoms with Gasteiger partial charge in [-0.15, -0.1) is 0 Å². The van der Waals surface area contributed by atoms with Gasteiger partial charge in [-0.25, -0.2) is 0 Å². The van der Waals surface area contributed by atoms with Crippen molar-refractivity contribution >= 4 is 5.69 Å².